The van der Waals surface area contributed by atoms with Crippen LogP contribution in [-0.2, 0) is 10.0 Å². The van der Waals surface area contributed by atoms with Gasteiger partial charge in [-0.25, -0.2) is 8.42 Å². The van der Waals surface area contributed by atoms with Crippen LogP contribution >= 0.6 is 39.3 Å². The molecule has 0 aromatic heterocycles. The molecule has 0 aliphatic rings. The maximum absolute atomic E-state index is 12.2. The van der Waals surface area contributed by atoms with Gasteiger partial charge < -0.3 is 0 Å². The molecule has 2 aromatic rings. The van der Waals surface area contributed by atoms with Crippen molar-refractivity contribution in [1.82, 2.24) is 0 Å². The minimum Gasteiger partial charge on any atom is -0.280 e. The molecule has 2 rings (SSSR count). The standard InChI is InChI=1S/C13H11BrClNO2S2/c1-19-10-3-5-11(6-4-10)20(17,18)16-9-2-7-12(14)13(15)8-9/h2-8,16H,1H3. The molecule has 0 heterocycles. The molecule has 0 amide bonds. The van der Waals surface area contributed by atoms with Gasteiger partial charge in [-0.2, -0.15) is 0 Å². The highest BCUT2D eigenvalue weighted by Crippen LogP contribution is 2.27. The first-order chi connectivity index (χ1) is 9.42. The number of halogens is 2. The third-order valence-electron chi connectivity index (χ3n) is 2.54. The lowest BCUT2D eigenvalue weighted by Gasteiger charge is -2.09. The molecule has 106 valence electrons. The molecule has 0 saturated carbocycles. The molecule has 0 unspecified atom stereocenters. The minimum atomic E-state index is -3.60. The summed E-state index contributed by atoms with van der Waals surface area (Å²) >= 11 is 10.8. The molecule has 0 aliphatic heterocycles. The molecule has 2 aromatic carbocycles. The van der Waals surface area contributed by atoms with E-state index in [1.165, 1.54) is 0 Å². The predicted molar refractivity (Wildman–Crippen MR) is 88.2 cm³/mol. The van der Waals surface area contributed by atoms with Gasteiger partial charge in [-0.1, -0.05) is 11.6 Å². The molecule has 0 aliphatic carbocycles. The zero-order valence-electron chi connectivity index (χ0n) is 10.4. The molecule has 0 bridgehead atoms. The molecule has 0 fully saturated rings. The second-order valence-corrected chi connectivity index (χ2v) is 7.73. The van der Waals surface area contributed by atoms with Crippen molar-refractivity contribution in [2.75, 3.05) is 11.0 Å². The Morgan fingerprint density at radius 3 is 2.35 bits per heavy atom. The summed E-state index contributed by atoms with van der Waals surface area (Å²) in [5.41, 5.74) is 0.423. The molecule has 0 saturated heterocycles. The van der Waals surface area contributed by atoms with E-state index < -0.39 is 10.0 Å². The Hall–Kier alpha value is -0.690. The smallest absolute Gasteiger partial charge is 0.261 e. The van der Waals surface area contributed by atoms with Crippen LogP contribution in [0, 0.1) is 0 Å². The second kappa shape index (κ2) is 6.39. The van der Waals surface area contributed by atoms with Crippen LogP contribution in [0.2, 0.25) is 5.02 Å². The van der Waals surface area contributed by atoms with Crippen LogP contribution < -0.4 is 4.72 Å². The number of benzene rings is 2. The highest BCUT2D eigenvalue weighted by molar-refractivity contribution is 9.10. The van der Waals surface area contributed by atoms with Gasteiger partial charge in [0.2, 0.25) is 0 Å². The molecule has 20 heavy (non-hydrogen) atoms. The van der Waals surface area contributed by atoms with Gasteiger partial charge in [0, 0.05) is 9.37 Å². The van der Waals surface area contributed by atoms with E-state index in [9.17, 15) is 8.42 Å². The highest BCUT2D eigenvalue weighted by atomic mass is 79.9. The van der Waals surface area contributed by atoms with Crippen molar-refractivity contribution in [2.24, 2.45) is 0 Å². The van der Waals surface area contributed by atoms with E-state index in [-0.39, 0.29) is 4.90 Å². The van der Waals surface area contributed by atoms with Gasteiger partial charge in [0.05, 0.1) is 15.6 Å². The normalized spacial score (nSPS) is 11.3. The monoisotopic (exact) mass is 391 g/mol. The minimum absolute atomic E-state index is 0.217. The lowest BCUT2D eigenvalue weighted by atomic mass is 10.3. The van der Waals surface area contributed by atoms with Gasteiger partial charge in [0.25, 0.3) is 10.0 Å². The van der Waals surface area contributed by atoms with Crippen molar-refractivity contribution in [2.45, 2.75) is 9.79 Å². The zero-order valence-corrected chi connectivity index (χ0v) is 14.4. The summed E-state index contributed by atoms with van der Waals surface area (Å²) in [6.45, 7) is 0. The molecule has 0 atom stereocenters. The van der Waals surface area contributed by atoms with Crippen molar-refractivity contribution in [3.8, 4) is 0 Å². The van der Waals surface area contributed by atoms with E-state index in [1.807, 2.05) is 6.26 Å². The summed E-state index contributed by atoms with van der Waals surface area (Å²) in [7, 11) is -3.60. The van der Waals surface area contributed by atoms with Crippen molar-refractivity contribution in [3.63, 3.8) is 0 Å². The average Bonchev–Trinajstić information content (AvgIpc) is 2.43. The molecule has 7 heteroatoms. The van der Waals surface area contributed by atoms with Crippen LogP contribution in [0.4, 0.5) is 5.69 Å². The van der Waals surface area contributed by atoms with Crippen molar-refractivity contribution >= 4 is 55.0 Å². The number of nitrogens with one attached hydrogen (secondary N) is 1. The quantitative estimate of drug-likeness (QED) is 0.772. The predicted octanol–water partition coefficient (Wildman–Crippen LogP) is 4.63. The summed E-state index contributed by atoms with van der Waals surface area (Å²) in [5.74, 6) is 0. The van der Waals surface area contributed by atoms with Gasteiger partial charge in [-0.05, 0) is 64.7 Å². The van der Waals surface area contributed by atoms with E-state index >= 15 is 0 Å². The summed E-state index contributed by atoms with van der Waals surface area (Å²) in [6.07, 6.45) is 1.94. The Labute approximate surface area is 135 Å². The van der Waals surface area contributed by atoms with E-state index in [1.54, 1.807) is 54.2 Å². The lowest BCUT2D eigenvalue weighted by molar-refractivity contribution is 0.601. The van der Waals surface area contributed by atoms with Crippen LogP contribution in [-0.4, -0.2) is 14.7 Å². The molecular weight excluding hydrogens is 382 g/mol. The van der Waals surface area contributed by atoms with E-state index in [0.29, 0.717) is 15.2 Å². The topological polar surface area (TPSA) is 46.2 Å². The van der Waals surface area contributed by atoms with Gasteiger partial charge in [0.15, 0.2) is 0 Å². The fraction of sp³-hybridized carbons (Fsp3) is 0.0769. The van der Waals surface area contributed by atoms with Crippen molar-refractivity contribution in [3.05, 3.63) is 52.0 Å². The van der Waals surface area contributed by atoms with E-state index in [2.05, 4.69) is 20.7 Å². The Morgan fingerprint density at radius 2 is 1.80 bits per heavy atom. The zero-order chi connectivity index (χ0) is 14.8. The van der Waals surface area contributed by atoms with Crippen LogP contribution in [0.3, 0.4) is 0 Å². The lowest BCUT2D eigenvalue weighted by Crippen LogP contribution is -2.12. The number of sulfonamides is 1. The number of anilines is 1. The largest absolute Gasteiger partial charge is 0.280 e. The fourth-order valence-electron chi connectivity index (χ4n) is 1.53. The Balaban J connectivity index is 2.27. The number of thioether (sulfide) groups is 1. The van der Waals surface area contributed by atoms with Gasteiger partial charge in [0.1, 0.15) is 0 Å². The Bertz CT molecular complexity index is 718. The third kappa shape index (κ3) is 3.69. The molecule has 0 spiro atoms. The first-order valence-corrected chi connectivity index (χ1v) is 9.42. The fourth-order valence-corrected chi connectivity index (χ4v) is 3.41. The molecular formula is C13H11BrClNO2S2. The Morgan fingerprint density at radius 1 is 1.15 bits per heavy atom. The number of hydrogen-bond donors (Lipinski definition) is 1. The maximum atomic E-state index is 12.2. The molecule has 1 N–H and O–H groups in total. The first kappa shape index (κ1) is 15.7. The highest BCUT2D eigenvalue weighted by Gasteiger charge is 2.14. The Kier molecular flexibility index (Phi) is 5.01. The average molecular weight is 393 g/mol. The van der Waals surface area contributed by atoms with Gasteiger partial charge >= 0.3 is 0 Å². The van der Waals surface area contributed by atoms with Crippen LogP contribution in [0.1, 0.15) is 0 Å². The second-order valence-electron chi connectivity index (χ2n) is 3.91. The third-order valence-corrected chi connectivity index (χ3v) is 5.91. The number of hydrogen-bond acceptors (Lipinski definition) is 3. The van der Waals surface area contributed by atoms with Crippen LogP contribution in [0.5, 0.6) is 0 Å². The van der Waals surface area contributed by atoms with Crippen LogP contribution in [0.25, 0.3) is 0 Å². The maximum Gasteiger partial charge on any atom is 0.261 e. The van der Waals surface area contributed by atoms with Crippen LogP contribution in [0.15, 0.2) is 56.7 Å². The SMILES string of the molecule is CSc1ccc(S(=O)(=O)Nc2ccc(Br)c(Cl)c2)cc1. The van der Waals surface area contributed by atoms with Crippen molar-refractivity contribution < 1.29 is 8.42 Å². The summed E-state index contributed by atoms with van der Waals surface area (Å²) in [5, 5.41) is 0.447. The first-order valence-electron chi connectivity index (χ1n) is 5.54. The molecule has 0 radical (unpaired) electrons. The number of rotatable bonds is 4. The summed E-state index contributed by atoms with van der Waals surface area (Å²) in [6, 6.07) is 11.6. The summed E-state index contributed by atoms with van der Waals surface area (Å²) in [4.78, 5) is 1.23. The van der Waals surface area contributed by atoms with Crippen molar-refractivity contribution in [1.29, 1.82) is 0 Å². The molecule has 3 nitrogen and oxygen atoms in total. The van der Waals surface area contributed by atoms with Gasteiger partial charge in [-0.3, -0.25) is 4.72 Å². The van der Waals surface area contributed by atoms with Gasteiger partial charge in [-0.15, -0.1) is 11.8 Å². The van der Waals surface area contributed by atoms with E-state index in [0.717, 1.165) is 4.90 Å². The summed E-state index contributed by atoms with van der Waals surface area (Å²) < 4.78 is 27.7. The van der Waals surface area contributed by atoms with E-state index in [4.69, 9.17) is 11.6 Å².